The van der Waals surface area contributed by atoms with Crippen molar-refractivity contribution >= 4 is 34.3 Å². The quantitative estimate of drug-likeness (QED) is 0.796. The van der Waals surface area contributed by atoms with Gasteiger partial charge < -0.3 is 5.32 Å². The predicted molar refractivity (Wildman–Crippen MR) is 84.4 cm³/mol. The molecule has 0 unspecified atom stereocenters. The predicted octanol–water partition coefficient (Wildman–Crippen LogP) is 3.56. The fourth-order valence-electron chi connectivity index (χ4n) is 1.60. The van der Waals surface area contributed by atoms with Crippen LogP contribution in [0.25, 0.3) is 0 Å². The number of hydrogen-bond donors (Lipinski definition) is 2. The van der Waals surface area contributed by atoms with Gasteiger partial charge in [0, 0.05) is 20.7 Å². The number of nitrogens with zero attached hydrogens (tertiary/aromatic N) is 1. The molecule has 2 aromatic rings. The molecule has 0 atom stereocenters. The maximum absolute atomic E-state index is 12.1. The summed E-state index contributed by atoms with van der Waals surface area (Å²) in [5, 5.41) is 9.87. The fourth-order valence-corrected chi connectivity index (χ4v) is 2.23. The van der Waals surface area contributed by atoms with Gasteiger partial charge in [-0.1, -0.05) is 32.9 Å². The molecule has 1 aromatic carbocycles. The van der Waals surface area contributed by atoms with Gasteiger partial charge in [0.05, 0.1) is 5.56 Å². The standard InChI is InChI=1S/C14H16IN3O/c1-14(2,3)11-8-12(18-17-11)16-13(19)9-6-4-5-7-10(9)15/h4-8H,1-3H3,(H2,16,17,18,19). The SMILES string of the molecule is CC(C)(C)c1cc(NC(=O)c2ccccc2I)n[nH]1. The van der Waals surface area contributed by atoms with Gasteiger partial charge >= 0.3 is 0 Å². The summed E-state index contributed by atoms with van der Waals surface area (Å²) in [6, 6.07) is 9.33. The lowest BCUT2D eigenvalue weighted by Gasteiger charge is -2.14. The molecule has 0 fully saturated rings. The third-order valence-corrected chi connectivity index (χ3v) is 3.69. The zero-order valence-corrected chi connectivity index (χ0v) is 13.3. The normalized spacial score (nSPS) is 11.4. The van der Waals surface area contributed by atoms with Gasteiger partial charge in [0.1, 0.15) is 0 Å². The second kappa shape index (κ2) is 5.32. The lowest BCUT2D eigenvalue weighted by atomic mass is 9.92. The van der Waals surface area contributed by atoms with Crippen molar-refractivity contribution in [2.75, 3.05) is 5.32 Å². The molecule has 0 bridgehead atoms. The summed E-state index contributed by atoms with van der Waals surface area (Å²) in [5.41, 5.74) is 1.63. The highest BCUT2D eigenvalue weighted by Crippen LogP contribution is 2.22. The topological polar surface area (TPSA) is 57.8 Å². The summed E-state index contributed by atoms with van der Waals surface area (Å²) in [4.78, 5) is 12.1. The van der Waals surface area contributed by atoms with Crippen LogP contribution < -0.4 is 5.32 Å². The van der Waals surface area contributed by atoms with Crippen LogP contribution in [0.4, 0.5) is 5.82 Å². The van der Waals surface area contributed by atoms with E-state index in [0.29, 0.717) is 11.4 Å². The average molecular weight is 369 g/mol. The number of aromatic amines is 1. The second-order valence-corrected chi connectivity index (χ2v) is 6.51. The molecule has 0 aliphatic heterocycles. The number of amides is 1. The van der Waals surface area contributed by atoms with Crippen molar-refractivity contribution in [1.29, 1.82) is 0 Å². The first-order chi connectivity index (χ1) is 8.88. The molecule has 0 spiro atoms. The van der Waals surface area contributed by atoms with Crippen LogP contribution in [-0.2, 0) is 5.41 Å². The van der Waals surface area contributed by atoms with Crippen LogP contribution in [0.15, 0.2) is 30.3 Å². The van der Waals surface area contributed by atoms with E-state index < -0.39 is 0 Å². The highest BCUT2D eigenvalue weighted by atomic mass is 127. The van der Waals surface area contributed by atoms with Crippen LogP contribution in [0.3, 0.4) is 0 Å². The Morgan fingerprint density at radius 1 is 1.32 bits per heavy atom. The number of anilines is 1. The number of nitrogens with one attached hydrogen (secondary N) is 2. The van der Waals surface area contributed by atoms with Gasteiger partial charge in [0.2, 0.25) is 0 Å². The molecule has 0 radical (unpaired) electrons. The van der Waals surface area contributed by atoms with Crippen molar-refractivity contribution in [2.24, 2.45) is 0 Å². The molecular formula is C14H16IN3O. The third-order valence-electron chi connectivity index (χ3n) is 2.75. The van der Waals surface area contributed by atoms with Gasteiger partial charge in [-0.25, -0.2) is 0 Å². The molecule has 0 aliphatic carbocycles. The minimum absolute atomic E-state index is 0.0167. The van der Waals surface area contributed by atoms with Crippen LogP contribution in [0.2, 0.25) is 0 Å². The van der Waals surface area contributed by atoms with E-state index in [4.69, 9.17) is 0 Å². The lowest BCUT2D eigenvalue weighted by Crippen LogP contribution is -2.13. The zero-order chi connectivity index (χ0) is 14.0. The van der Waals surface area contributed by atoms with E-state index in [1.165, 1.54) is 0 Å². The monoisotopic (exact) mass is 369 g/mol. The Balaban J connectivity index is 2.16. The van der Waals surface area contributed by atoms with Crippen molar-refractivity contribution < 1.29 is 4.79 Å². The number of carbonyl (C=O) groups excluding carboxylic acids is 1. The number of benzene rings is 1. The Labute approximate surface area is 126 Å². The maximum atomic E-state index is 12.1. The maximum Gasteiger partial charge on any atom is 0.257 e. The van der Waals surface area contributed by atoms with Crippen LogP contribution >= 0.6 is 22.6 Å². The van der Waals surface area contributed by atoms with Gasteiger partial charge in [0.25, 0.3) is 5.91 Å². The highest BCUT2D eigenvalue weighted by Gasteiger charge is 2.18. The van der Waals surface area contributed by atoms with E-state index in [2.05, 4.69) is 58.9 Å². The zero-order valence-electron chi connectivity index (χ0n) is 11.1. The Morgan fingerprint density at radius 2 is 2.00 bits per heavy atom. The first-order valence-electron chi connectivity index (χ1n) is 6.00. The van der Waals surface area contributed by atoms with Gasteiger partial charge in [-0.15, -0.1) is 0 Å². The Bertz CT molecular complexity index is 599. The minimum atomic E-state index is -0.142. The molecule has 2 N–H and O–H groups in total. The van der Waals surface area contributed by atoms with Crippen molar-refractivity contribution in [3.63, 3.8) is 0 Å². The molecule has 0 saturated carbocycles. The van der Waals surface area contributed by atoms with Crippen LogP contribution in [0, 0.1) is 3.57 Å². The number of rotatable bonds is 2. The van der Waals surface area contributed by atoms with Crippen molar-refractivity contribution in [1.82, 2.24) is 10.2 Å². The molecule has 5 heteroatoms. The van der Waals surface area contributed by atoms with E-state index in [9.17, 15) is 4.79 Å². The number of H-pyrrole nitrogens is 1. The van der Waals surface area contributed by atoms with E-state index in [1.807, 2.05) is 24.3 Å². The molecule has 2 rings (SSSR count). The number of hydrogen-bond acceptors (Lipinski definition) is 2. The summed E-state index contributed by atoms with van der Waals surface area (Å²) in [6.45, 7) is 6.27. The second-order valence-electron chi connectivity index (χ2n) is 5.35. The Hall–Kier alpha value is -1.37. The first kappa shape index (κ1) is 14.0. The van der Waals surface area contributed by atoms with E-state index >= 15 is 0 Å². The highest BCUT2D eigenvalue weighted by molar-refractivity contribution is 14.1. The molecular weight excluding hydrogens is 353 g/mol. The Kier molecular flexibility index (Phi) is 3.93. The molecule has 100 valence electrons. The molecule has 19 heavy (non-hydrogen) atoms. The summed E-state index contributed by atoms with van der Waals surface area (Å²) in [7, 11) is 0. The third kappa shape index (κ3) is 3.34. The van der Waals surface area contributed by atoms with Gasteiger partial charge in [-0.05, 0) is 34.7 Å². The van der Waals surface area contributed by atoms with Gasteiger partial charge in [-0.3, -0.25) is 9.89 Å². The summed E-state index contributed by atoms with van der Waals surface area (Å²) < 4.78 is 0.921. The van der Waals surface area contributed by atoms with Crippen molar-refractivity contribution in [3.05, 3.63) is 45.2 Å². The summed E-state index contributed by atoms with van der Waals surface area (Å²) in [5.74, 6) is 0.409. The number of carbonyl (C=O) groups is 1. The van der Waals surface area contributed by atoms with E-state index in [0.717, 1.165) is 9.26 Å². The van der Waals surface area contributed by atoms with E-state index in [-0.39, 0.29) is 11.3 Å². The van der Waals surface area contributed by atoms with Crippen molar-refractivity contribution in [3.8, 4) is 0 Å². The minimum Gasteiger partial charge on any atom is -0.305 e. The lowest BCUT2D eigenvalue weighted by molar-refractivity contribution is 0.102. The Morgan fingerprint density at radius 3 is 2.58 bits per heavy atom. The van der Waals surface area contributed by atoms with Crippen LogP contribution in [-0.4, -0.2) is 16.1 Å². The number of aromatic nitrogens is 2. The van der Waals surface area contributed by atoms with Gasteiger partial charge in [-0.2, -0.15) is 5.10 Å². The molecule has 1 aromatic heterocycles. The molecule has 1 heterocycles. The largest absolute Gasteiger partial charge is 0.305 e. The fraction of sp³-hybridized carbons (Fsp3) is 0.286. The van der Waals surface area contributed by atoms with Crippen molar-refractivity contribution in [2.45, 2.75) is 26.2 Å². The number of halogens is 1. The average Bonchev–Trinajstić information content (AvgIpc) is 2.77. The smallest absolute Gasteiger partial charge is 0.257 e. The summed E-state index contributed by atoms with van der Waals surface area (Å²) >= 11 is 2.15. The molecule has 0 aliphatic rings. The molecule has 0 saturated heterocycles. The molecule has 4 nitrogen and oxygen atoms in total. The van der Waals surface area contributed by atoms with Crippen LogP contribution in [0.5, 0.6) is 0 Å². The molecule has 1 amide bonds. The van der Waals surface area contributed by atoms with Gasteiger partial charge in [0.15, 0.2) is 5.82 Å². The first-order valence-corrected chi connectivity index (χ1v) is 7.07. The van der Waals surface area contributed by atoms with Crippen LogP contribution in [0.1, 0.15) is 36.8 Å². The van der Waals surface area contributed by atoms with E-state index in [1.54, 1.807) is 6.07 Å². The summed E-state index contributed by atoms with van der Waals surface area (Å²) in [6.07, 6.45) is 0.